The number of rotatable bonds is 3. The van der Waals surface area contributed by atoms with Gasteiger partial charge in [0.15, 0.2) is 0 Å². The van der Waals surface area contributed by atoms with Crippen molar-refractivity contribution in [1.82, 2.24) is 10.2 Å². The number of amides is 1. The summed E-state index contributed by atoms with van der Waals surface area (Å²) in [5.41, 5.74) is 0. The maximum Gasteiger partial charge on any atom is 0.407 e. The zero-order valence-electron chi connectivity index (χ0n) is 8.65. The number of aldehydes is 1. The number of carbonyl (C=O) groups excluding carboxylic acids is 2. The number of hydrogen-bond donors (Lipinski definition) is 1. The lowest BCUT2D eigenvalue weighted by atomic mass is 9.99. The summed E-state index contributed by atoms with van der Waals surface area (Å²) in [6.07, 6.45) is 2.69. The van der Waals surface area contributed by atoms with Crippen LogP contribution < -0.4 is 5.32 Å². The molecule has 5 heteroatoms. The Labute approximate surface area is 88.8 Å². The Morgan fingerprint density at radius 2 is 2.47 bits per heavy atom. The molecule has 0 aromatic carbocycles. The first kappa shape index (κ1) is 10.4. The highest BCUT2D eigenvalue weighted by Crippen LogP contribution is 2.15. The standard InChI is InChI=1S/C10H16N2O3/c13-7-8-2-1-3-12(5-8)6-9-4-11-10(14)15-9/h7-9H,1-6H2,(H,11,14). The molecular formula is C10H16N2O3. The molecule has 0 radical (unpaired) electrons. The molecule has 2 saturated heterocycles. The zero-order valence-corrected chi connectivity index (χ0v) is 8.65. The molecule has 15 heavy (non-hydrogen) atoms. The molecule has 0 aliphatic carbocycles. The predicted molar refractivity (Wildman–Crippen MR) is 53.5 cm³/mol. The fourth-order valence-corrected chi connectivity index (χ4v) is 2.19. The monoisotopic (exact) mass is 212 g/mol. The summed E-state index contributed by atoms with van der Waals surface area (Å²) in [5, 5.41) is 2.63. The molecule has 0 bridgehead atoms. The van der Waals surface area contributed by atoms with Crippen molar-refractivity contribution in [3.63, 3.8) is 0 Å². The van der Waals surface area contributed by atoms with Gasteiger partial charge in [0.05, 0.1) is 6.54 Å². The molecule has 84 valence electrons. The van der Waals surface area contributed by atoms with Gasteiger partial charge in [0, 0.05) is 19.0 Å². The summed E-state index contributed by atoms with van der Waals surface area (Å²) < 4.78 is 5.05. The summed E-state index contributed by atoms with van der Waals surface area (Å²) in [7, 11) is 0. The highest BCUT2D eigenvalue weighted by Gasteiger charge is 2.27. The molecule has 2 aliphatic heterocycles. The Balaban J connectivity index is 1.78. The summed E-state index contributed by atoms with van der Waals surface area (Å²) in [4.78, 5) is 23.7. The van der Waals surface area contributed by atoms with Gasteiger partial charge in [0.1, 0.15) is 12.4 Å². The SMILES string of the molecule is O=CC1CCCN(CC2CNC(=O)O2)C1. The van der Waals surface area contributed by atoms with Crippen molar-refractivity contribution in [2.75, 3.05) is 26.2 Å². The smallest absolute Gasteiger partial charge is 0.407 e. The third-order valence-electron chi connectivity index (χ3n) is 2.94. The maximum absolute atomic E-state index is 10.8. The van der Waals surface area contributed by atoms with Gasteiger partial charge in [-0.05, 0) is 19.4 Å². The Hall–Kier alpha value is -1.10. The minimum atomic E-state index is -0.330. The van der Waals surface area contributed by atoms with E-state index in [1.54, 1.807) is 0 Å². The van der Waals surface area contributed by atoms with E-state index in [1.807, 2.05) is 0 Å². The van der Waals surface area contributed by atoms with Crippen molar-refractivity contribution in [2.45, 2.75) is 18.9 Å². The molecule has 1 N–H and O–H groups in total. The van der Waals surface area contributed by atoms with Crippen LogP contribution in [0.2, 0.25) is 0 Å². The molecule has 0 spiro atoms. The first-order valence-electron chi connectivity index (χ1n) is 5.40. The number of nitrogens with zero attached hydrogens (tertiary/aromatic N) is 1. The first-order valence-corrected chi connectivity index (χ1v) is 5.40. The van der Waals surface area contributed by atoms with Crippen LogP contribution >= 0.6 is 0 Å². The Morgan fingerprint density at radius 3 is 3.13 bits per heavy atom. The van der Waals surface area contributed by atoms with E-state index in [9.17, 15) is 9.59 Å². The normalized spacial score (nSPS) is 32.1. The predicted octanol–water partition coefficient (Wildman–Crippen LogP) is 0.00570. The molecule has 0 aromatic heterocycles. The number of carbonyl (C=O) groups is 2. The average Bonchev–Trinajstić information content (AvgIpc) is 2.64. The largest absolute Gasteiger partial charge is 0.443 e. The fourth-order valence-electron chi connectivity index (χ4n) is 2.19. The number of nitrogens with one attached hydrogen (secondary N) is 1. The van der Waals surface area contributed by atoms with Crippen molar-refractivity contribution in [3.8, 4) is 0 Å². The van der Waals surface area contributed by atoms with Crippen LogP contribution in [-0.2, 0) is 9.53 Å². The molecule has 2 atom stereocenters. The second-order valence-corrected chi connectivity index (χ2v) is 4.21. The zero-order chi connectivity index (χ0) is 10.7. The molecular weight excluding hydrogens is 196 g/mol. The van der Waals surface area contributed by atoms with Gasteiger partial charge in [-0.3, -0.25) is 4.90 Å². The molecule has 1 amide bonds. The maximum atomic E-state index is 10.8. The Morgan fingerprint density at radius 1 is 1.60 bits per heavy atom. The van der Waals surface area contributed by atoms with Crippen LogP contribution in [0.3, 0.4) is 0 Å². The van der Waals surface area contributed by atoms with Crippen LogP contribution in [0, 0.1) is 5.92 Å². The molecule has 2 aliphatic rings. The van der Waals surface area contributed by atoms with Gasteiger partial charge in [-0.25, -0.2) is 4.79 Å². The van der Waals surface area contributed by atoms with Crippen molar-refractivity contribution < 1.29 is 14.3 Å². The summed E-state index contributed by atoms with van der Waals surface area (Å²) in [6.45, 7) is 3.13. The van der Waals surface area contributed by atoms with Crippen LogP contribution in [-0.4, -0.2) is 49.6 Å². The van der Waals surface area contributed by atoms with Gasteiger partial charge in [-0.2, -0.15) is 0 Å². The molecule has 0 aromatic rings. The van der Waals surface area contributed by atoms with Crippen molar-refractivity contribution >= 4 is 12.4 Å². The number of likely N-dealkylation sites (tertiary alicyclic amines) is 1. The van der Waals surface area contributed by atoms with E-state index in [1.165, 1.54) is 0 Å². The van der Waals surface area contributed by atoms with Gasteiger partial charge in [0.2, 0.25) is 0 Å². The average molecular weight is 212 g/mol. The molecule has 5 nitrogen and oxygen atoms in total. The van der Waals surface area contributed by atoms with Crippen molar-refractivity contribution in [3.05, 3.63) is 0 Å². The topological polar surface area (TPSA) is 58.6 Å². The van der Waals surface area contributed by atoms with Crippen LogP contribution in [0.4, 0.5) is 4.79 Å². The van der Waals surface area contributed by atoms with Crippen LogP contribution in [0.15, 0.2) is 0 Å². The van der Waals surface area contributed by atoms with Crippen molar-refractivity contribution in [1.29, 1.82) is 0 Å². The van der Waals surface area contributed by atoms with Crippen LogP contribution in [0.1, 0.15) is 12.8 Å². The number of ether oxygens (including phenoxy) is 1. The van der Waals surface area contributed by atoms with Crippen LogP contribution in [0.5, 0.6) is 0 Å². The van der Waals surface area contributed by atoms with E-state index in [0.717, 1.165) is 38.8 Å². The molecule has 2 fully saturated rings. The number of alkyl carbamates (subject to hydrolysis) is 1. The van der Waals surface area contributed by atoms with E-state index in [2.05, 4.69) is 10.2 Å². The Bertz CT molecular complexity index is 257. The minimum absolute atomic E-state index is 0.0529. The first-order chi connectivity index (χ1) is 7.28. The van der Waals surface area contributed by atoms with Gasteiger partial charge in [-0.15, -0.1) is 0 Å². The number of cyclic esters (lactones) is 1. The van der Waals surface area contributed by atoms with E-state index < -0.39 is 0 Å². The van der Waals surface area contributed by atoms with Crippen LogP contribution in [0.25, 0.3) is 0 Å². The third kappa shape index (κ3) is 2.68. The van der Waals surface area contributed by atoms with Gasteiger partial charge < -0.3 is 14.8 Å². The quantitative estimate of drug-likeness (QED) is 0.669. The van der Waals surface area contributed by atoms with E-state index in [4.69, 9.17) is 4.74 Å². The number of hydrogen-bond acceptors (Lipinski definition) is 4. The lowest BCUT2D eigenvalue weighted by Gasteiger charge is -2.31. The lowest BCUT2D eigenvalue weighted by molar-refractivity contribution is -0.112. The third-order valence-corrected chi connectivity index (χ3v) is 2.94. The lowest BCUT2D eigenvalue weighted by Crippen LogP contribution is -2.41. The van der Waals surface area contributed by atoms with Gasteiger partial charge >= 0.3 is 6.09 Å². The molecule has 2 rings (SSSR count). The van der Waals surface area contributed by atoms with Gasteiger partial charge in [0.25, 0.3) is 0 Å². The second kappa shape index (κ2) is 4.61. The molecule has 0 saturated carbocycles. The second-order valence-electron chi connectivity index (χ2n) is 4.21. The summed E-state index contributed by atoms with van der Waals surface area (Å²) >= 11 is 0. The number of piperidine rings is 1. The van der Waals surface area contributed by atoms with E-state index in [-0.39, 0.29) is 18.1 Å². The highest BCUT2D eigenvalue weighted by molar-refractivity contribution is 5.69. The van der Waals surface area contributed by atoms with E-state index >= 15 is 0 Å². The van der Waals surface area contributed by atoms with Gasteiger partial charge in [-0.1, -0.05) is 0 Å². The molecule has 2 unspecified atom stereocenters. The molecule has 2 heterocycles. The highest BCUT2D eigenvalue weighted by atomic mass is 16.6. The van der Waals surface area contributed by atoms with E-state index in [0.29, 0.717) is 6.54 Å². The van der Waals surface area contributed by atoms with Crippen molar-refractivity contribution in [2.24, 2.45) is 5.92 Å². The summed E-state index contributed by atoms with van der Waals surface area (Å²) in [5.74, 6) is 0.156. The Kier molecular flexibility index (Phi) is 3.20. The fraction of sp³-hybridized carbons (Fsp3) is 0.800. The summed E-state index contributed by atoms with van der Waals surface area (Å²) in [6, 6.07) is 0. The minimum Gasteiger partial charge on any atom is -0.443 e.